The van der Waals surface area contributed by atoms with Crippen LogP contribution in [0.3, 0.4) is 0 Å². The van der Waals surface area contributed by atoms with E-state index < -0.39 is 0 Å². The Morgan fingerprint density at radius 2 is 1.94 bits per heavy atom. The van der Waals surface area contributed by atoms with Crippen LogP contribution in [-0.4, -0.2) is 41.4 Å². The van der Waals surface area contributed by atoms with Gasteiger partial charge >= 0.3 is 0 Å². The van der Waals surface area contributed by atoms with Gasteiger partial charge in [-0.25, -0.2) is 0 Å². The number of aromatic hydroxyl groups is 1. The second kappa shape index (κ2) is 6.03. The zero-order valence-electron chi connectivity index (χ0n) is 10.2. The molecule has 0 bridgehead atoms. The van der Waals surface area contributed by atoms with Crippen molar-refractivity contribution < 1.29 is 10.2 Å². The van der Waals surface area contributed by atoms with Gasteiger partial charge in [0.15, 0.2) is 0 Å². The molecule has 1 aromatic rings. The van der Waals surface area contributed by atoms with Crippen LogP contribution in [0.4, 0.5) is 0 Å². The Labute approximate surface area is 103 Å². The van der Waals surface area contributed by atoms with Gasteiger partial charge in [-0.3, -0.25) is 0 Å². The maximum absolute atomic E-state index is 9.49. The fraction of sp³-hybridized carbons (Fsp3) is 0.571. The maximum Gasteiger partial charge on any atom is 0.115 e. The van der Waals surface area contributed by atoms with Crippen LogP contribution in [0.15, 0.2) is 24.3 Å². The summed E-state index contributed by atoms with van der Waals surface area (Å²) in [6, 6.07) is 7.23. The minimum absolute atomic E-state index is 0.111. The fourth-order valence-electron chi connectivity index (χ4n) is 2.50. The van der Waals surface area contributed by atoms with Gasteiger partial charge in [-0.15, -0.1) is 0 Å². The Morgan fingerprint density at radius 1 is 1.18 bits per heavy atom. The van der Waals surface area contributed by atoms with Crippen molar-refractivity contribution in [2.75, 3.05) is 26.2 Å². The Kier molecular flexibility index (Phi) is 4.40. The van der Waals surface area contributed by atoms with E-state index in [1.807, 2.05) is 12.1 Å². The molecule has 0 spiro atoms. The molecule has 1 aliphatic rings. The third kappa shape index (κ3) is 3.45. The number of rotatable bonds is 4. The van der Waals surface area contributed by atoms with E-state index in [0.717, 1.165) is 25.2 Å². The average molecular weight is 235 g/mol. The van der Waals surface area contributed by atoms with Crippen molar-refractivity contribution in [1.82, 2.24) is 4.90 Å². The molecule has 1 heterocycles. The van der Waals surface area contributed by atoms with Crippen molar-refractivity contribution in [3.63, 3.8) is 0 Å². The van der Waals surface area contributed by atoms with Crippen LogP contribution in [0.2, 0.25) is 0 Å². The van der Waals surface area contributed by atoms with Gasteiger partial charge in [0.2, 0.25) is 0 Å². The molecule has 2 rings (SSSR count). The number of hydrogen-bond donors (Lipinski definition) is 2. The standard InChI is InChI=1S/C14H21NO2/c16-11-13(10-15-7-2-1-3-8-15)12-5-4-6-14(17)9-12/h4-6,9,13,16-17H,1-3,7-8,10-11H2. The predicted molar refractivity (Wildman–Crippen MR) is 68.2 cm³/mol. The van der Waals surface area contributed by atoms with Crippen LogP contribution in [0, 0.1) is 0 Å². The van der Waals surface area contributed by atoms with Gasteiger partial charge in [-0.1, -0.05) is 18.6 Å². The largest absolute Gasteiger partial charge is 0.508 e. The number of piperidine rings is 1. The highest BCUT2D eigenvalue weighted by molar-refractivity contribution is 5.30. The quantitative estimate of drug-likeness (QED) is 0.838. The molecule has 2 N–H and O–H groups in total. The molecule has 0 amide bonds. The van der Waals surface area contributed by atoms with Crippen molar-refractivity contribution in [3.8, 4) is 5.75 Å². The molecular weight excluding hydrogens is 214 g/mol. The second-order valence-corrected chi connectivity index (χ2v) is 4.84. The summed E-state index contributed by atoms with van der Waals surface area (Å²) in [6.45, 7) is 3.30. The van der Waals surface area contributed by atoms with E-state index in [2.05, 4.69) is 4.90 Å². The number of phenols is 1. The zero-order valence-corrected chi connectivity index (χ0v) is 10.2. The monoisotopic (exact) mass is 235 g/mol. The molecular formula is C14H21NO2. The van der Waals surface area contributed by atoms with Crippen LogP contribution < -0.4 is 0 Å². The lowest BCUT2D eigenvalue weighted by molar-refractivity contribution is 0.178. The molecule has 0 radical (unpaired) electrons. The first-order chi connectivity index (χ1) is 8.29. The molecule has 1 fully saturated rings. The average Bonchev–Trinajstić information content (AvgIpc) is 2.37. The Balaban J connectivity index is 2.00. The van der Waals surface area contributed by atoms with E-state index in [-0.39, 0.29) is 18.3 Å². The lowest BCUT2D eigenvalue weighted by atomic mass is 9.98. The van der Waals surface area contributed by atoms with Gasteiger partial charge in [0, 0.05) is 12.5 Å². The lowest BCUT2D eigenvalue weighted by Gasteiger charge is -2.30. The minimum atomic E-state index is 0.111. The van der Waals surface area contributed by atoms with Crippen LogP contribution in [0.25, 0.3) is 0 Å². The molecule has 3 nitrogen and oxygen atoms in total. The highest BCUT2D eigenvalue weighted by Crippen LogP contribution is 2.22. The van der Waals surface area contributed by atoms with Crippen molar-refractivity contribution >= 4 is 0 Å². The minimum Gasteiger partial charge on any atom is -0.508 e. The van der Waals surface area contributed by atoms with Crippen LogP contribution in [0.1, 0.15) is 30.7 Å². The highest BCUT2D eigenvalue weighted by atomic mass is 16.3. The molecule has 94 valence electrons. The molecule has 17 heavy (non-hydrogen) atoms. The van der Waals surface area contributed by atoms with Gasteiger partial charge in [0.25, 0.3) is 0 Å². The first-order valence-corrected chi connectivity index (χ1v) is 6.42. The SMILES string of the molecule is OCC(CN1CCCCC1)c1cccc(O)c1. The topological polar surface area (TPSA) is 43.7 Å². The lowest BCUT2D eigenvalue weighted by Crippen LogP contribution is -2.34. The van der Waals surface area contributed by atoms with Crippen LogP contribution in [0.5, 0.6) is 5.75 Å². The van der Waals surface area contributed by atoms with Crippen molar-refractivity contribution in [2.24, 2.45) is 0 Å². The van der Waals surface area contributed by atoms with Gasteiger partial charge in [0.05, 0.1) is 6.61 Å². The van der Waals surface area contributed by atoms with Crippen LogP contribution >= 0.6 is 0 Å². The smallest absolute Gasteiger partial charge is 0.115 e. The molecule has 0 saturated carbocycles. The first-order valence-electron chi connectivity index (χ1n) is 6.42. The molecule has 1 aromatic carbocycles. The van der Waals surface area contributed by atoms with E-state index in [1.165, 1.54) is 19.3 Å². The molecule has 0 aromatic heterocycles. The number of nitrogens with zero attached hydrogens (tertiary/aromatic N) is 1. The summed E-state index contributed by atoms with van der Waals surface area (Å²) < 4.78 is 0. The van der Waals surface area contributed by atoms with E-state index in [9.17, 15) is 10.2 Å². The summed E-state index contributed by atoms with van der Waals surface area (Å²) in [5.74, 6) is 0.389. The summed E-state index contributed by atoms with van der Waals surface area (Å²) in [6.07, 6.45) is 3.85. The molecule has 1 saturated heterocycles. The number of benzene rings is 1. The third-order valence-corrected chi connectivity index (χ3v) is 3.49. The van der Waals surface area contributed by atoms with Gasteiger partial charge < -0.3 is 15.1 Å². The second-order valence-electron chi connectivity index (χ2n) is 4.84. The predicted octanol–water partition coefficient (Wildman–Crippen LogP) is 1.95. The Bertz CT molecular complexity index is 348. The van der Waals surface area contributed by atoms with Gasteiger partial charge in [-0.05, 0) is 43.6 Å². The fourth-order valence-corrected chi connectivity index (χ4v) is 2.50. The highest BCUT2D eigenvalue weighted by Gasteiger charge is 2.17. The number of aliphatic hydroxyl groups excluding tert-OH is 1. The molecule has 3 heteroatoms. The first kappa shape index (κ1) is 12.4. The molecule has 1 atom stereocenters. The van der Waals surface area contributed by atoms with Crippen LogP contribution in [-0.2, 0) is 0 Å². The summed E-state index contributed by atoms with van der Waals surface area (Å²) in [7, 11) is 0. The van der Waals surface area contributed by atoms with Crippen molar-refractivity contribution in [3.05, 3.63) is 29.8 Å². The van der Waals surface area contributed by atoms with Gasteiger partial charge in [-0.2, -0.15) is 0 Å². The summed E-state index contributed by atoms with van der Waals surface area (Å²) >= 11 is 0. The molecule has 1 unspecified atom stereocenters. The van der Waals surface area contributed by atoms with E-state index in [1.54, 1.807) is 12.1 Å². The van der Waals surface area contributed by atoms with E-state index in [0.29, 0.717) is 0 Å². The van der Waals surface area contributed by atoms with Crippen molar-refractivity contribution in [1.29, 1.82) is 0 Å². The summed E-state index contributed by atoms with van der Waals surface area (Å²) in [5.41, 5.74) is 1.03. The number of phenolic OH excluding ortho intramolecular Hbond substituents is 1. The summed E-state index contributed by atoms with van der Waals surface area (Å²) in [4.78, 5) is 2.41. The van der Waals surface area contributed by atoms with E-state index >= 15 is 0 Å². The third-order valence-electron chi connectivity index (χ3n) is 3.49. The Hall–Kier alpha value is -1.06. The number of likely N-dealkylation sites (tertiary alicyclic amines) is 1. The van der Waals surface area contributed by atoms with Gasteiger partial charge in [0.1, 0.15) is 5.75 Å². The number of aliphatic hydroxyl groups is 1. The number of hydrogen-bond acceptors (Lipinski definition) is 3. The van der Waals surface area contributed by atoms with Crippen molar-refractivity contribution in [2.45, 2.75) is 25.2 Å². The zero-order chi connectivity index (χ0) is 12.1. The molecule has 0 aliphatic carbocycles. The molecule has 1 aliphatic heterocycles. The summed E-state index contributed by atoms with van der Waals surface area (Å²) in [5, 5.41) is 19.0. The Morgan fingerprint density at radius 3 is 2.59 bits per heavy atom. The maximum atomic E-state index is 9.49. The normalized spacial score (nSPS) is 19.1. The van der Waals surface area contributed by atoms with E-state index in [4.69, 9.17) is 0 Å².